The van der Waals surface area contributed by atoms with Crippen LogP contribution in [-0.2, 0) is 40.4 Å². The predicted molar refractivity (Wildman–Crippen MR) is 216 cm³/mol. The molecular formula is C43H55F3N4O9S. The van der Waals surface area contributed by atoms with Gasteiger partial charge in [0.15, 0.2) is 0 Å². The summed E-state index contributed by atoms with van der Waals surface area (Å²) in [5, 5.41) is 3.21. The summed E-state index contributed by atoms with van der Waals surface area (Å²) in [5.74, 6) is -4.27. The maximum Gasteiger partial charge on any atom is 0.573 e. The number of benzene rings is 1. The average molecular weight is 861 g/mol. The molecule has 6 rings (SSSR count). The number of esters is 1. The number of nitrogens with zero attached hydrogens (tertiary/aromatic N) is 2. The Hall–Kier alpha value is -4.67. The van der Waals surface area contributed by atoms with Gasteiger partial charge in [-0.15, -0.1) is 26.3 Å². The van der Waals surface area contributed by atoms with Gasteiger partial charge in [-0.25, -0.2) is 13.4 Å². The zero-order valence-electron chi connectivity index (χ0n) is 34.8. The number of aryl methyl sites for hydroxylation is 2. The fourth-order valence-corrected chi connectivity index (χ4v) is 9.71. The van der Waals surface area contributed by atoms with E-state index >= 15 is 0 Å². The standard InChI is InChI=1S/C43H55F3N4O9S/c1-8-10-11-12-13-14-27(21-34(51)58-39(4,5)6)37(53)50-25-41(18-17-30-31-22-29(57-43(44,45)46)15-16-32(31)47-26(3)35(30)59-41)24-33(50)36(52)48-42(23-28(42)9-2)38(54)49-60(55,56)40(7)19-20-40/h8-9,15-16,22,27-28,33H,1-2,10-14,17-21,23-25H2,3-7H3,(H,48,52)(H,49,54)/t27-,28-,33?,41?,42-/m1/s1. The number of unbranched alkanes of at least 4 members (excludes halogenated alkanes) is 3. The first-order chi connectivity index (χ1) is 27.9. The maximum atomic E-state index is 14.9. The lowest BCUT2D eigenvalue weighted by atomic mass is 9.87. The number of hydrogen-bond donors (Lipinski definition) is 2. The summed E-state index contributed by atoms with van der Waals surface area (Å²) >= 11 is 0. The molecule has 13 nitrogen and oxygen atoms in total. The van der Waals surface area contributed by atoms with E-state index in [0.717, 1.165) is 19.3 Å². The monoisotopic (exact) mass is 860 g/mol. The number of amides is 3. The molecule has 0 radical (unpaired) electrons. The summed E-state index contributed by atoms with van der Waals surface area (Å²) in [7, 11) is -4.06. The number of likely N-dealkylation sites (tertiary alicyclic amines) is 1. The highest BCUT2D eigenvalue weighted by Crippen LogP contribution is 2.49. The molecule has 17 heteroatoms. The molecule has 2 aliphatic heterocycles. The smallest absolute Gasteiger partial charge is 0.483 e. The summed E-state index contributed by atoms with van der Waals surface area (Å²) in [4.78, 5) is 62.5. The first-order valence-corrected chi connectivity index (χ1v) is 22.0. The number of allylic oxidation sites excluding steroid dienone is 1. The Morgan fingerprint density at radius 2 is 1.80 bits per heavy atom. The van der Waals surface area contributed by atoms with Crippen LogP contribution in [-0.4, -0.2) is 82.4 Å². The zero-order valence-corrected chi connectivity index (χ0v) is 35.7. The number of carbonyl (C=O) groups excluding carboxylic acids is 4. The molecule has 2 aromatic rings. The molecule has 2 unspecified atom stereocenters. The van der Waals surface area contributed by atoms with Crippen LogP contribution in [0.4, 0.5) is 13.2 Å². The predicted octanol–water partition coefficient (Wildman–Crippen LogP) is 6.65. The Kier molecular flexibility index (Phi) is 12.2. The molecule has 1 aromatic heterocycles. The Bertz CT molecular complexity index is 2180. The molecule has 328 valence electrons. The molecule has 5 atom stereocenters. The lowest BCUT2D eigenvalue weighted by Crippen LogP contribution is -2.57. The van der Waals surface area contributed by atoms with Gasteiger partial charge >= 0.3 is 12.3 Å². The normalized spacial score (nSPS) is 24.8. The Labute approximate surface area is 348 Å². The van der Waals surface area contributed by atoms with Crippen LogP contribution >= 0.6 is 0 Å². The van der Waals surface area contributed by atoms with E-state index < -0.39 is 85.2 Å². The van der Waals surface area contributed by atoms with Gasteiger partial charge in [-0.3, -0.25) is 23.9 Å². The summed E-state index contributed by atoms with van der Waals surface area (Å²) in [6.07, 6.45) is 2.73. The number of halogens is 3. The second-order valence-electron chi connectivity index (χ2n) is 18.0. The van der Waals surface area contributed by atoms with E-state index in [2.05, 4.69) is 32.9 Å². The van der Waals surface area contributed by atoms with Crippen LogP contribution in [0.2, 0.25) is 0 Å². The largest absolute Gasteiger partial charge is 0.573 e. The lowest BCUT2D eigenvalue weighted by molar-refractivity contribution is -0.274. The van der Waals surface area contributed by atoms with Crippen molar-refractivity contribution in [3.63, 3.8) is 0 Å². The van der Waals surface area contributed by atoms with Gasteiger partial charge in [-0.1, -0.05) is 25.0 Å². The summed E-state index contributed by atoms with van der Waals surface area (Å²) in [6.45, 7) is 15.9. The molecule has 3 amide bonds. The second kappa shape index (κ2) is 16.3. The van der Waals surface area contributed by atoms with E-state index in [1.165, 1.54) is 36.1 Å². The third-order valence-corrected chi connectivity index (χ3v) is 14.2. The minimum atomic E-state index is -4.91. The third-order valence-electron chi connectivity index (χ3n) is 12.1. The van der Waals surface area contributed by atoms with Crippen LogP contribution in [0.15, 0.2) is 43.5 Å². The van der Waals surface area contributed by atoms with E-state index in [1.807, 2.05) is 0 Å². The van der Waals surface area contributed by atoms with Gasteiger partial charge in [-0.2, -0.15) is 0 Å². The SMILES string of the molecule is C=CCCCCC[C@H](CC(=O)OC(C)(C)C)C(=O)N1CC2(CCc3c(c(C)nc4ccc(OC(F)(F)F)cc34)O2)CC1C(=O)N[C@]1(C(=O)NS(=O)(=O)C2(C)CC2)C[C@H]1C=C. The highest BCUT2D eigenvalue weighted by atomic mass is 32.2. The van der Waals surface area contributed by atoms with Crippen LogP contribution < -0.4 is 19.5 Å². The van der Waals surface area contributed by atoms with E-state index in [0.29, 0.717) is 53.6 Å². The number of hydrogen-bond acceptors (Lipinski definition) is 10. The Morgan fingerprint density at radius 1 is 1.08 bits per heavy atom. The Balaban J connectivity index is 1.34. The van der Waals surface area contributed by atoms with Gasteiger partial charge in [0.05, 0.1) is 28.9 Å². The van der Waals surface area contributed by atoms with Crippen LogP contribution in [0, 0.1) is 18.8 Å². The highest BCUT2D eigenvalue weighted by Gasteiger charge is 2.63. The maximum absolute atomic E-state index is 14.9. The molecule has 2 saturated carbocycles. The molecule has 2 aliphatic carbocycles. The molecule has 2 N–H and O–H groups in total. The Morgan fingerprint density at radius 3 is 2.42 bits per heavy atom. The molecule has 1 saturated heterocycles. The van der Waals surface area contributed by atoms with Crippen molar-refractivity contribution < 1.29 is 55.0 Å². The minimum absolute atomic E-state index is 0.0516. The average Bonchev–Trinajstić information content (AvgIpc) is 4.04. The van der Waals surface area contributed by atoms with Crippen molar-refractivity contribution in [2.75, 3.05) is 6.54 Å². The number of carbonyl (C=O) groups is 4. The first kappa shape index (κ1) is 44.9. The van der Waals surface area contributed by atoms with Crippen LogP contribution in [0.1, 0.15) is 110 Å². The van der Waals surface area contributed by atoms with Crippen molar-refractivity contribution in [3.8, 4) is 11.5 Å². The van der Waals surface area contributed by atoms with Crippen molar-refractivity contribution in [2.24, 2.45) is 11.8 Å². The number of ether oxygens (including phenoxy) is 3. The van der Waals surface area contributed by atoms with Gasteiger partial charge in [0, 0.05) is 29.2 Å². The topological polar surface area (TPSA) is 170 Å². The number of rotatable bonds is 16. The van der Waals surface area contributed by atoms with E-state index in [-0.39, 0.29) is 38.6 Å². The number of aromatic nitrogens is 1. The molecular weight excluding hydrogens is 806 g/mol. The summed E-state index contributed by atoms with van der Waals surface area (Å²) in [5.41, 5.74) is -2.18. The number of sulfonamides is 1. The van der Waals surface area contributed by atoms with Crippen LogP contribution in [0.5, 0.6) is 11.5 Å². The zero-order chi connectivity index (χ0) is 44.1. The van der Waals surface area contributed by atoms with Gasteiger partial charge in [0.25, 0.3) is 5.91 Å². The van der Waals surface area contributed by atoms with Crippen molar-refractivity contribution in [2.45, 2.75) is 146 Å². The summed E-state index contributed by atoms with van der Waals surface area (Å²) < 4.78 is 83.4. The number of alkyl halides is 3. The van der Waals surface area contributed by atoms with Gasteiger partial charge in [-0.05, 0) is 104 Å². The highest BCUT2D eigenvalue weighted by molar-refractivity contribution is 7.91. The number of nitrogens with one attached hydrogen (secondary N) is 2. The number of fused-ring (bicyclic) bond motifs is 3. The van der Waals surface area contributed by atoms with Crippen molar-refractivity contribution in [3.05, 3.63) is 54.8 Å². The second-order valence-corrected chi connectivity index (χ2v) is 20.2. The fraction of sp³-hybridized carbons (Fsp3) is 0.605. The molecule has 3 heterocycles. The van der Waals surface area contributed by atoms with Crippen molar-refractivity contribution in [1.29, 1.82) is 0 Å². The van der Waals surface area contributed by atoms with Gasteiger partial charge in [0.2, 0.25) is 21.8 Å². The molecule has 1 spiro atoms. The third kappa shape index (κ3) is 9.60. The quantitative estimate of drug-likeness (QED) is 0.106. The van der Waals surface area contributed by atoms with Gasteiger partial charge in [0.1, 0.15) is 34.3 Å². The molecule has 4 aliphatic rings. The minimum Gasteiger partial charge on any atom is -0.483 e. The van der Waals surface area contributed by atoms with Gasteiger partial charge < -0.3 is 24.4 Å². The molecule has 0 bridgehead atoms. The lowest BCUT2D eigenvalue weighted by Gasteiger charge is -2.36. The van der Waals surface area contributed by atoms with E-state index in [4.69, 9.17) is 9.47 Å². The van der Waals surface area contributed by atoms with E-state index in [1.54, 1.807) is 33.8 Å². The van der Waals surface area contributed by atoms with Crippen LogP contribution in [0.25, 0.3) is 10.9 Å². The fourth-order valence-electron chi connectivity index (χ4n) is 8.40. The number of pyridine rings is 1. The van der Waals surface area contributed by atoms with Crippen molar-refractivity contribution in [1.82, 2.24) is 19.9 Å². The van der Waals surface area contributed by atoms with E-state index in [9.17, 15) is 40.8 Å². The first-order valence-electron chi connectivity index (χ1n) is 20.5. The summed E-state index contributed by atoms with van der Waals surface area (Å²) in [6, 6.07) is 2.65. The van der Waals surface area contributed by atoms with Crippen molar-refractivity contribution >= 4 is 44.6 Å². The molecule has 3 fully saturated rings. The molecule has 1 aromatic carbocycles. The van der Waals surface area contributed by atoms with Crippen LogP contribution in [0.3, 0.4) is 0 Å². The molecule has 60 heavy (non-hydrogen) atoms.